The summed E-state index contributed by atoms with van der Waals surface area (Å²) in [5, 5.41) is 4.63. The molecule has 2 unspecified atom stereocenters. The maximum atomic E-state index is 5.85. The van der Waals surface area contributed by atoms with E-state index in [0.29, 0.717) is 0 Å². The molecule has 1 N–H and O–H groups in total. The van der Waals surface area contributed by atoms with Gasteiger partial charge >= 0.3 is 0 Å². The fourth-order valence-corrected chi connectivity index (χ4v) is 2.36. The Hall–Kier alpha value is -1.74. The zero-order chi connectivity index (χ0) is 13.1. The van der Waals surface area contributed by atoms with Crippen LogP contribution in [0.4, 0.5) is 0 Å². The third-order valence-corrected chi connectivity index (χ3v) is 3.55. The fraction of sp³-hybridized carbons (Fsp3) is 0.375. The average Bonchev–Trinajstić information content (AvgIpc) is 2.90. The van der Waals surface area contributed by atoms with Gasteiger partial charge in [0.2, 0.25) is 0 Å². The first-order valence-electron chi connectivity index (χ1n) is 6.85. The van der Waals surface area contributed by atoms with Crippen LogP contribution >= 0.6 is 0 Å². The van der Waals surface area contributed by atoms with E-state index in [1.165, 1.54) is 0 Å². The maximum Gasteiger partial charge on any atom is 0.134 e. The molecule has 3 rings (SSSR count). The van der Waals surface area contributed by atoms with Crippen LogP contribution in [0.3, 0.4) is 0 Å². The van der Waals surface area contributed by atoms with Gasteiger partial charge < -0.3 is 14.5 Å². The molecule has 1 aliphatic rings. The number of ether oxygens (including phenoxy) is 1. The van der Waals surface area contributed by atoms with Crippen molar-refractivity contribution in [3.05, 3.63) is 48.4 Å². The molecule has 0 fully saturated rings. The van der Waals surface area contributed by atoms with Crippen LogP contribution in [-0.2, 0) is 4.74 Å². The van der Waals surface area contributed by atoms with Crippen molar-refractivity contribution in [2.45, 2.75) is 31.9 Å². The van der Waals surface area contributed by atoms with E-state index in [1.807, 2.05) is 24.5 Å². The number of para-hydroxylation sites is 1. The quantitative estimate of drug-likeness (QED) is 0.905. The number of furan rings is 1. The van der Waals surface area contributed by atoms with Crippen molar-refractivity contribution >= 4 is 11.0 Å². The van der Waals surface area contributed by atoms with Crippen LogP contribution < -0.4 is 5.32 Å². The Morgan fingerprint density at radius 1 is 1.37 bits per heavy atom. The molecule has 3 heteroatoms. The van der Waals surface area contributed by atoms with Gasteiger partial charge in [0.25, 0.3) is 0 Å². The van der Waals surface area contributed by atoms with Crippen LogP contribution in [0.1, 0.15) is 31.6 Å². The highest BCUT2D eigenvalue weighted by Crippen LogP contribution is 2.23. The van der Waals surface area contributed by atoms with Gasteiger partial charge in [-0.3, -0.25) is 0 Å². The Morgan fingerprint density at radius 3 is 3.05 bits per heavy atom. The first-order chi connectivity index (χ1) is 9.33. The van der Waals surface area contributed by atoms with Crippen molar-refractivity contribution in [2.24, 2.45) is 0 Å². The molecule has 1 aromatic heterocycles. The van der Waals surface area contributed by atoms with Gasteiger partial charge in [-0.15, -0.1) is 0 Å². The lowest BCUT2D eigenvalue weighted by Crippen LogP contribution is -2.30. The summed E-state index contributed by atoms with van der Waals surface area (Å²) in [7, 11) is 0. The number of nitrogens with one attached hydrogen (secondary N) is 1. The molecule has 100 valence electrons. The molecular weight excluding hydrogens is 238 g/mol. The number of fused-ring (bicyclic) bond motifs is 1. The topological polar surface area (TPSA) is 34.4 Å². The zero-order valence-corrected chi connectivity index (χ0v) is 11.1. The third kappa shape index (κ3) is 2.82. The minimum atomic E-state index is 0.196. The Bertz CT molecular complexity index is 540. The summed E-state index contributed by atoms with van der Waals surface area (Å²) in [6.45, 7) is 2.97. The summed E-state index contributed by atoms with van der Waals surface area (Å²) >= 11 is 0. The lowest BCUT2D eigenvalue weighted by atomic mass is 10.1. The van der Waals surface area contributed by atoms with E-state index in [4.69, 9.17) is 9.15 Å². The van der Waals surface area contributed by atoms with E-state index in [1.54, 1.807) is 0 Å². The van der Waals surface area contributed by atoms with Crippen molar-refractivity contribution in [3.63, 3.8) is 0 Å². The van der Waals surface area contributed by atoms with E-state index in [9.17, 15) is 0 Å². The molecule has 0 bridgehead atoms. The highest BCUT2D eigenvalue weighted by Gasteiger charge is 2.15. The standard InChI is InChI=1S/C16H19NO2/c1-12(17-11-14-7-4-5-9-18-14)16-10-13-6-2-3-8-15(13)19-16/h2-3,5-6,8-10,12,14,17H,4,7,11H2,1H3. The zero-order valence-electron chi connectivity index (χ0n) is 11.1. The van der Waals surface area contributed by atoms with Crippen molar-refractivity contribution < 1.29 is 9.15 Å². The maximum absolute atomic E-state index is 5.85. The van der Waals surface area contributed by atoms with Gasteiger partial charge in [0.15, 0.2) is 0 Å². The second-order valence-electron chi connectivity index (χ2n) is 5.02. The Kier molecular flexibility index (Phi) is 3.56. The average molecular weight is 257 g/mol. The van der Waals surface area contributed by atoms with Crippen LogP contribution in [0.25, 0.3) is 11.0 Å². The molecule has 2 heterocycles. The SMILES string of the molecule is CC(NCC1CCC=CO1)c1cc2ccccc2o1. The first kappa shape index (κ1) is 12.3. The molecule has 0 radical (unpaired) electrons. The van der Waals surface area contributed by atoms with Gasteiger partial charge in [0.1, 0.15) is 17.4 Å². The van der Waals surface area contributed by atoms with E-state index in [-0.39, 0.29) is 12.1 Å². The summed E-state index contributed by atoms with van der Waals surface area (Å²) in [5.41, 5.74) is 0.947. The summed E-state index contributed by atoms with van der Waals surface area (Å²) in [6, 6.07) is 10.4. The number of hydrogen-bond donors (Lipinski definition) is 1. The second-order valence-corrected chi connectivity index (χ2v) is 5.02. The van der Waals surface area contributed by atoms with E-state index >= 15 is 0 Å². The smallest absolute Gasteiger partial charge is 0.134 e. The van der Waals surface area contributed by atoms with Crippen molar-refractivity contribution in [1.82, 2.24) is 5.32 Å². The van der Waals surface area contributed by atoms with Crippen LogP contribution in [0.5, 0.6) is 0 Å². The van der Waals surface area contributed by atoms with Crippen LogP contribution in [-0.4, -0.2) is 12.6 Å². The lowest BCUT2D eigenvalue weighted by Gasteiger charge is -2.21. The number of benzene rings is 1. The third-order valence-electron chi connectivity index (χ3n) is 3.55. The normalized spacial score (nSPS) is 20.4. The van der Waals surface area contributed by atoms with E-state index in [2.05, 4.69) is 30.4 Å². The highest BCUT2D eigenvalue weighted by atomic mass is 16.5. The molecule has 1 aliphatic heterocycles. The van der Waals surface area contributed by atoms with Gasteiger partial charge in [-0.05, 0) is 38.0 Å². The van der Waals surface area contributed by atoms with E-state index in [0.717, 1.165) is 36.1 Å². The molecule has 0 amide bonds. The molecule has 3 nitrogen and oxygen atoms in total. The van der Waals surface area contributed by atoms with Gasteiger partial charge in [-0.25, -0.2) is 0 Å². The van der Waals surface area contributed by atoms with Crippen LogP contribution in [0.2, 0.25) is 0 Å². The van der Waals surface area contributed by atoms with Gasteiger partial charge in [-0.2, -0.15) is 0 Å². The molecule has 19 heavy (non-hydrogen) atoms. The Morgan fingerprint density at radius 2 is 2.26 bits per heavy atom. The van der Waals surface area contributed by atoms with Crippen molar-refractivity contribution in [1.29, 1.82) is 0 Å². The minimum absolute atomic E-state index is 0.196. The summed E-state index contributed by atoms with van der Waals surface area (Å²) < 4.78 is 11.4. The van der Waals surface area contributed by atoms with Crippen LogP contribution in [0.15, 0.2) is 47.1 Å². The van der Waals surface area contributed by atoms with Crippen molar-refractivity contribution in [3.8, 4) is 0 Å². The number of hydrogen-bond acceptors (Lipinski definition) is 3. The monoisotopic (exact) mass is 257 g/mol. The molecule has 2 atom stereocenters. The van der Waals surface area contributed by atoms with Gasteiger partial charge in [0.05, 0.1) is 12.3 Å². The molecule has 0 aliphatic carbocycles. The highest BCUT2D eigenvalue weighted by molar-refractivity contribution is 5.77. The van der Waals surface area contributed by atoms with Gasteiger partial charge in [0, 0.05) is 11.9 Å². The number of allylic oxidation sites excluding steroid dienone is 1. The summed E-state index contributed by atoms with van der Waals surface area (Å²) in [6.07, 6.45) is 6.33. The Labute approximate surface area is 113 Å². The lowest BCUT2D eigenvalue weighted by molar-refractivity contribution is 0.119. The number of rotatable bonds is 4. The molecule has 0 saturated carbocycles. The minimum Gasteiger partial charge on any atom is -0.497 e. The van der Waals surface area contributed by atoms with Crippen LogP contribution in [0, 0.1) is 0 Å². The molecular formula is C16H19NO2. The fourth-order valence-electron chi connectivity index (χ4n) is 2.36. The summed E-state index contributed by atoms with van der Waals surface area (Å²) in [4.78, 5) is 0. The Balaban J connectivity index is 1.63. The molecule has 1 aromatic carbocycles. The predicted octanol–water partition coefficient (Wildman–Crippen LogP) is 3.78. The predicted molar refractivity (Wildman–Crippen MR) is 75.9 cm³/mol. The molecule has 0 saturated heterocycles. The summed E-state index contributed by atoms with van der Waals surface area (Å²) in [5.74, 6) is 0.979. The van der Waals surface area contributed by atoms with E-state index < -0.39 is 0 Å². The molecule has 0 spiro atoms. The van der Waals surface area contributed by atoms with Gasteiger partial charge in [-0.1, -0.05) is 18.2 Å². The second kappa shape index (κ2) is 5.49. The first-order valence-corrected chi connectivity index (χ1v) is 6.85. The van der Waals surface area contributed by atoms with Crippen molar-refractivity contribution in [2.75, 3.05) is 6.54 Å². The largest absolute Gasteiger partial charge is 0.497 e. The molecule has 2 aromatic rings.